The molecule has 0 radical (unpaired) electrons. The Balaban J connectivity index is -0.000000408. The van der Waals surface area contributed by atoms with E-state index >= 15 is 0 Å². The molecule has 10 heteroatoms. The zero-order valence-electron chi connectivity index (χ0n) is 23.6. The summed E-state index contributed by atoms with van der Waals surface area (Å²) in [5.41, 5.74) is 2.03. The first-order valence-corrected chi connectivity index (χ1v) is 12.3. The van der Waals surface area contributed by atoms with Gasteiger partial charge in [0, 0.05) is 67.0 Å². The van der Waals surface area contributed by atoms with E-state index in [1.807, 2.05) is 20.8 Å². The van der Waals surface area contributed by atoms with E-state index < -0.39 is 0 Å². The number of rotatable bonds is 9. The Kier molecular flexibility index (Phi) is 26.7. The number of hydrogen-bond acceptors (Lipinski definition) is 6. The SMILES string of the molecule is C=C(C)CCNC(C)=O.C=C(C)CN(CCO)C(C)=O.CC(=O)N1CCOCC1.CCCNC(C)=O. The first kappa shape index (κ1) is 37.8. The lowest BCUT2D eigenvalue weighted by Gasteiger charge is -2.25. The number of aliphatic hydroxyl groups excluding tert-OH is 1. The van der Waals surface area contributed by atoms with Crippen LogP contribution in [-0.2, 0) is 23.9 Å². The van der Waals surface area contributed by atoms with Gasteiger partial charge in [-0.25, -0.2) is 0 Å². The average Bonchev–Trinajstić information content (AvgIpc) is 2.78. The first-order chi connectivity index (χ1) is 16.8. The van der Waals surface area contributed by atoms with Crippen LogP contribution in [0.4, 0.5) is 0 Å². The van der Waals surface area contributed by atoms with Crippen LogP contribution in [0.3, 0.4) is 0 Å². The van der Waals surface area contributed by atoms with Gasteiger partial charge in [-0.2, -0.15) is 0 Å². The number of carbonyl (C=O) groups excluding carboxylic acids is 4. The first-order valence-electron chi connectivity index (χ1n) is 12.3. The maximum Gasteiger partial charge on any atom is 0.219 e. The monoisotopic (exact) mass is 514 g/mol. The molecule has 0 saturated carbocycles. The maximum atomic E-state index is 10.8. The molecule has 10 nitrogen and oxygen atoms in total. The molecule has 1 fully saturated rings. The number of hydrogen-bond donors (Lipinski definition) is 3. The van der Waals surface area contributed by atoms with Crippen molar-refractivity contribution in [2.75, 3.05) is 59.1 Å². The van der Waals surface area contributed by atoms with Crippen molar-refractivity contribution in [2.24, 2.45) is 0 Å². The third-order valence-corrected chi connectivity index (χ3v) is 4.28. The van der Waals surface area contributed by atoms with Crippen LogP contribution in [0.1, 0.15) is 61.3 Å². The van der Waals surface area contributed by atoms with E-state index in [1.165, 1.54) is 20.8 Å². The number of carbonyl (C=O) groups is 4. The highest BCUT2D eigenvalue weighted by molar-refractivity contribution is 5.74. The van der Waals surface area contributed by atoms with Gasteiger partial charge in [-0.1, -0.05) is 24.6 Å². The lowest BCUT2D eigenvalue weighted by Crippen LogP contribution is -2.39. The molecule has 0 bridgehead atoms. The van der Waals surface area contributed by atoms with E-state index in [2.05, 4.69) is 23.8 Å². The van der Waals surface area contributed by atoms with Crippen molar-refractivity contribution in [1.29, 1.82) is 0 Å². The highest BCUT2D eigenvalue weighted by Gasteiger charge is 2.11. The minimum absolute atomic E-state index is 0.00681. The van der Waals surface area contributed by atoms with Gasteiger partial charge in [-0.15, -0.1) is 6.58 Å². The molecule has 0 aromatic carbocycles. The fourth-order valence-corrected chi connectivity index (χ4v) is 2.43. The quantitative estimate of drug-likeness (QED) is 0.403. The van der Waals surface area contributed by atoms with Crippen molar-refractivity contribution in [3.05, 3.63) is 24.3 Å². The number of nitrogens with one attached hydrogen (secondary N) is 2. The van der Waals surface area contributed by atoms with E-state index in [1.54, 1.807) is 16.7 Å². The van der Waals surface area contributed by atoms with Gasteiger partial charge in [0.05, 0.1) is 19.8 Å². The number of nitrogens with zero attached hydrogens (tertiary/aromatic N) is 2. The summed E-state index contributed by atoms with van der Waals surface area (Å²) < 4.78 is 5.06. The molecule has 1 rings (SSSR count). The zero-order valence-corrected chi connectivity index (χ0v) is 23.6. The molecule has 36 heavy (non-hydrogen) atoms. The van der Waals surface area contributed by atoms with Gasteiger partial charge in [-0.3, -0.25) is 19.2 Å². The van der Waals surface area contributed by atoms with Crippen LogP contribution in [0.2, 0.25) is 0 Å². The van der Waals surface area contributed by atoms with Crippen LogP contribution >= 0.6 is 0 Å². The second-order valence-corrected chi connectivity index (χ2v) is 8.41. The summed E-state index contributed by atoms with van der Waals surface area (Å²) in [5.74, 6) is 0.207. The van der Waals surface area contributed by atoms with E-state index in [4.69, 9.17) is 9.84 Å². The fraction of sp³-hybridized carbons (Fsp3) is 0.692. The summed E-state index contributed by atoms with van der Waals surface area (Å²) in [4.78, 5) is 45.2. The maximum absolute atomic E-state index is 10.8. The topological polar surface area (TPSA) is 128 Å². The van der Waals surface area contributed by atoms with Crippen LogP contribution in [0.15, 0.2) is 24.3 Å². The molecule has 1 aliphatic heterocycles. The summed E-state index contributed by atoms with van der Waals surface area (Å²) in [5, 5.41) is 13.9. The van der Waals surface area contributed by atoms with Crippen LogP contribution in [0.5, 0.6) is 0 Å². The summed E-state index contributed by atoms with van der Waals surface area (Å²) in [6.07, 6.45) is 1.89. The van der Waals surface area contributed by atoms with Crippen LogP contribution in [0.25, 0.3) is 0 Å². The fourth-order valence-electron chi connectivity index (χ4n) is 2.43. The second-order valence-electron chi connectivity index (χ2n) is 8.41. The second kappa shape index (κ2) is 25.4. The van der Waals surface area contributed by atoms with E-state index in [-0.39, 0.29) is 30.2 Å². The minimum atomic E-state index is -0.0259. The Morgan fingerprint density at radius 2 is 1.39 bits per heavy atom. The van der Waals surface area contributed by atoms with E-state index in [9.17, 15) is 19.2 Å². The predicted octanol–water partition coefficient (Wildman–Crippen LogP) is 1.89. The summed E-state index contributed by atoms with van der Waals surface area (Å²) in [6.45, 7) is 24.7. The molecule has 0 spiro atoms. The average molecular weight is 515 g/mol. The van der Waals surface area contributed by atoms with Crippen molar-refractivity contribution >= 4 is 23.6 Å². The van der Waals surface area contributed by atoms with Gasteiger partial charge < -0.3 is 30.3 Å². The van der Waals surface area contributed by atoms with Crippen LogP contribution < -0.4 is 10.6 Å². The highest BCUT2D eigenvalue weighted by Crippen LogP contribution is 1.96. The summed E-state index contributed by atoms with van der Waals surface area (Å²) in [7, 11) is 0. The number of morpholine rings is 1. The van der Waals surface area contributed by atoms with Crippen molar-refractivity contribution < 1.29 is 29.0 Å². The largest absolute Gasteiger partial charge is 0.395 e. The lowest BCUT2D eigenvalue weighted by molar-refractivity contribution is -0.133. The van der Waals surface area contributed by atoms with Crippen molar-refractivity contribution in [3.63, 3.8) is 0 Å². The molecule has 1 saturated heterocycles. The molecule has 210 valence electrons. The molecule has 0 aromatic rings. The normalized spacial score (nSPS) is 11.6. The molecule has 0 atom stereocenters. The summed E-state index contributed by atoms with van der Waals surface area (Å²) in [6, 6.07) is 0. The van der Waals surface area contributed by atoms with E-state index in [0.29, 0.717) is 32.8 Å². The third kappa shape index (κ3) is 31.3. The molecule has 1 aliphatic rings. The third-order valence-electron chi connectivity index (χ3n) is 4.28. The Bertz CT molecular complexity index is 647. The number of aliphatic hydroxyl groups is 1. The van der Waals surface area contributed by atoms with E-state index in [0.717, 1.165) is 43.6 Å². The number of amides is 4. The van der Waals surface area contributed by atoms with Crippen LogP contribution in [-0.4, -0.2) is 97.6 Å². The van der Waals surface area contributed by atoms with Gasteiger partial charge >= 0.3 is 0 Å². The molecular weight excluding hydrogens is 464 g/mol. The Morgan fingerprint density at radius 1 is 0.889 bits per heavy atom. The predicted molar refractivity (Wildman–Crippen MR) is 144 cm³/mol. The molecular formula is C26H50N4O6. The smallest absolute Gasteiger partial charge is 0.219 e. The Labute approximate surface area is 218 Å². The van der Waals surface area contributed by atoms with Crippen molar-refractivity contribution in [3.8, 4) is 0 Å². The molecule has 4 amide bonds. The van der Waals surface area contributed by atoms with Gasteiger partial charge in [-0.05, 0) is 26.7 Å². The van der Waals surface area contributed by atoms with Gasteiger partial charge in [0.25, 0.3) is 0 Å². The van der Waals surface area contributed by atoms with Gasteiger partial charge in [0.1, 0.15) is 0 Å². The van der Waals surface area contributed by atoms with Crippen LogP contribution in [0, 0.1) is 0 Å². The van der Waals surface area contributed by atoms with Crippen molar-refractivity contribution in [1.82, 2.24) is 20.4 Å². The molecule has 3 N–H and O–H groups in total. The molecule has 0 aliphatic carbocycles. The lowest BCUT2D eigenvalue weighted by atomic mass is 10.2. The van der Waals surface area contributed by atoms with Gasteiger partial charge in [0.15, 0.2) is 0 Å². The highest BCUT2D eigenvalue weighted by atomic mass is 16.5. The molecule has 0 aromatic heterocycles. The molecule has 0 unspecified atom stereocenters. The Morgan fingerprint density at radius 3 is 1.67 bits per heavy atom. The number of ether oxygens (including phenoxy) is 1. The summed E-state index contributed by atoms with van der Waals surface area (Å²) >= 11 is 0. The zero-order chi connectivity index (χ0) is 28.5. The standard InChI is InChI=1S/C8H15NO2.C7H13NO.C6H11NO2.C5H11NO/c1-7(2)6-9(4-5-10)8(3)11;1-6(2)4-5-8-7(3)9;1-6(8)7-2-4-9-5-3-7;1-3-4-6-5(2)7/h10H,1,4-6H2,2-3H3;1,4-5H2,2-3H3,(H,8,9);2-5H2,1H3;3-4H2,1-2H3,(H,6,7). The molecule has 1 heterocycles. The minimum Gasteiger partial charge on any atom is -0.395 e. The van der Waals surface area contributed by atoms with Gasteiger partial charge in [0.2, 0.25) is 23.6 Å². The van der Waals surface area contributed by atoms with Crippen molar-refractivity contribution in [2.45, 2.75) is 61.3 Å². The Hall–Kier alpha value is -2.72.